The van der Waals surface area contributed by atoms with Gasteiger partial charge in [-0.1, -0.05) is 43.0 Å². The highest BCUT2D eigenvalue weighted by atomic mass is 16.5. The predicted molar refractivity (Wildman–Crippen MR) is 79.8 cm³/mol. The summed E-state index contributed by atoms with van der Waals surface area (Å²) in [6.07, 6.45) is 1.60. The molecule has 0 aliphatic rings. The van der Waals surface area contributed by atoms with Crippen LogP contribution in [0.2, 0.25) is 0 Å². The summed E-state index contributed by atoms with van der Waals surface area (Å²) >= 11 is 0. The molecule has 3 heteroatoms. The molecule has 2 aromatic carbocycles. The zero-order chi connectivity index (χ0) is 14.2. The van der Waals surface area contributed by atoms with E-state index in [1.54, 1.807) is 24.3 Å². The van der Waals surface area contributed by atoms with Crippen molar-refractivity contribution in [1.29, 1.82) is 0 Å². The van der Waals surface area contributed by atoms with Crippen molar-refractivity contribution >= 4 is 6.08 Å². The summed E-state index contributed by atoms with van der Waals surface area (Å²) in [4.78, 5) is 0. The molecule has 2 rings (SSSR count). The van der Waals surface area contributed by atoms with Crippen molar-refractivity contribution in [1.82, 2.24) is 0 Å². The van der Waals surface area contributed by atoms with Gasteiger partial charge in [-0.05, 0) is 17.7 Å². The molecule has 104 valence electrons. The zero-order valence-corrected chi connectivity index (χ0v) is 11.3. The summed E-state index contributed by atoms with van der Waals surface area (Å²) in [6, 6.07) is 15.1. The highest BCUT2D eigenvalue weighted by Crippen LogP contribution is 2.24. The Bertz CT molecular complexity index is 549. The van der Waals surface area contributed by atoms with E-state index in [0.29, 0.717) is 31.1 Å². The average molecular weight is 270 g/mol. The van der Waals surface area contributed by atoms with Crippen LogP contribution in [0.25, 0.3) is 6.08 Å². The summed E-state index contributed by atoms with van der Waals surface area (Å²) in [7, 11) is 0. The quantitative estimate of drug-likeness (QED) is 0.781. The van der Waals surface area contributed by atoms with Gasteiger partial charge in [0, 0.05) is 11.6 Å². The first kappa shape index (κ1) is 14.2. The SMILES string of the molecule is C=Cc1ccc(OCCOCc2ccccc2)cc1O. The standard InChI is InChI=1S/C17H18O3/c1-2-15-8-9-16(12-17(15)18)20-11-10-19-13-14-6-4-3-5-7-14/h2-9,12,18H,1,10-11,13H2. The van der Waals surface area contributed by atoms with E-state index in [-0.39, 0.29) is 5.75 Å². The first-order valence-electron chi connectivity index (χ1n) is 6.49. The first-order valence-corrected chi connectivity index (χ1v) is 6.49. The second-order valence-corrected chi connectivity index (χ2v) is 4.31. The third kappa shape index (κ3) is 4.14. The van der Waals surface area contributed by atoms with Gasteiger partial charge in [-0.15, -0.1) is 0 Å². The molecule has 0 radical (unpaired) electrons. The lowest BCUT2D eigenvalue weighted by atomic mass is 10.2. The number of benzene rings is 2. The third-order valence-corrected chi connectivity index (χ3v) is 2.83. The van der Waals surface area contributed by atoms with Gasteiger partial charge in [-0.2, -0.15) is 0 Å². The molecule has 0 heterocycles. The van der Waals surface area contributed by atoms with Crippen molar-refractivity contribution in [2.75, 3.05) is 13.2 Å². The molecule has 0 amide bonds. The molecule has 0 aliphatic heterocycles. The van der Waals surface area contributed by atoms with Crippen molar-refractivity contribution in [2.24, 2.45) is 0 Å². The highest BCUT2D eigenvalue weighted by molar-refractivity contribution is 5.56. The molecule has 0 saturated heterocycles. The van der Waals surface area contributed by atoms with Crippen molar-refractivity contribution in [3.05, 3.63) is 66.2 Å². The lowest BCUT2D eigenvalue weighted by Crippen LogP contribution is -2.06. The number of rotatable bonds is 7. The largest absolute Gasteiger partial charge is 0.507 e. The molecule has 0 saturated carbocycles. The van der Waals surface area contributed by atoms with Crippen molar-refractivity contribution in [3.8, 4) is 11.5 Å². The molecule has 20 heavy (non-hydrogen) atoms. The van der Waals surface area contributed by atoms with Gasteiger partial charge < -0.3 is 14.6 Å². The molecule has 0 aliphatic carbocycles. The number of ether oxygens (including phenoxy) is 2. The van der Waals surface area contributed by atoms with Crippen LogP contribution in [-0.4, -0.2) is 18.3 Å². The smallest absolute Gasteiger partial charge is 0.126 e. The van der Waals surface area contributed by atoms with Crippen molar-refractivity contribution in [2.45, 2.75) is 6.61 Å². The van der Waals surface area contributed by atoms with Crippen LogP contribution in [0.3, 0.4) is 0 Å². The molecular weight excluding hydrogens is 252 g/mol. The molecule has 2 aromatic rings. The van der Waals surface area contributed by atoms with Crippen molar-refractivity contribution in [3.63, 3.8) is 0 Å². The lowest BCUT2D eigenvalue weighted by molar-refractivity contribution is 0.0888. The number of hydrogen-bond donors (Lipinski definition) is 1. The minimum atomic E-state index is 0.169. The number of hydrogen-bond acceptors (Lipinski definition) is 3. The van der Waals surface area contributed by atoms with Crippen LogP contribution in [0, 0.1) is 0 Å². The second-order valence-electron chi connectivity index (χ2n) is 4.31. The van der Waals surface area contributed by atoms with E-state index in [9.17, 15) is 5.11 Å². The summed E-state index contributed by atoms with van der Waals surface area (Å²) in [5, 5.41) is 9.66. The molecule has 0 fully saturated rings. The van der Waals surface area contributed by atoms with E-state index in [1.807, 2.05) is 30.3 Å². The van der Waals surface area contributed by atoms with Crippen LogP contribution in [0.15, 0.2) is 55.1 Å². The molecule has 1 N–H and O–H groups in total. The molecule has 0 spiro atoms. The van der Waals surface area contributed by atoms with Crippen LogP contribution in [0.5, 0.6) is 11.5 Å². The van der Waals surface area contributed by atoms with Gasteiger partial charge >= 0.3 is 0 Å². The van der Waals surface area contributed by atoms with E-state index in [4.69, 9.17) is 9.47 Å². The summed E-state index contributed by atoms with van der Waals surface area (Å²) in [5.74, 6) is 0.791. The van der Waals surface area contributed by atoms with Crippen LogP contribution in [0.1, 0.15) is 11.1 Å². The fourth-order valence-electron chi connectivity index (χ4n) is 1.77. The minimum Gasteiger partial charge on any atom is -0.507 e. The Morgan fingerprint density at radius 3 is 2.55 bits per heavy atom. The Balaban J connectivity index is 1.71. The van der Waals surface area contributed by atoms with Gasteiger partial charge in [0.15, 0.2) is 0 Å². The lowest BCUT2D eigenvalue weighted by Gasteiger charge is -2.08. The summed E-state index contributed by atoms with van der Waals surface area (Å²) < 4.78 is 11.0. The molecule has 0 unspecified atom stereocenters. The Morgan fingerprint density at radius 2 is 1.85 bits per heavy atom. The van der Waals surface area contributed by atoms with Crippen LogP contribution >= 0.6 is 0 Å². The Kier molecular flexibility index (Phi) is 5.21. The minimum absolute atomic E-state index is 0.169. The molecule has 0 aromatic heterocycles. The van der Waals surface area contributed by atoms with E-state index in [0.717, 1.165) is 5.56 Å². The molecule has 0 bridgehead atoms. The van der Waals surface area contributed by atoms with Gasteiger partial charge in [-0.25, -0.2) is 0 Å². The Hall–Kier alpha value is -2.26. The van der Waals surface area contributed by atoms with Crippen LogP contribution in [0.4, 0.5) is 0 Å². The monoisotopic (exact) mass is 270 g/mol. The van der Waals surface area contributed by atoms with Gasteiger partial charge in [0.2, 0.25) is 0 Å². The van der Waals surface area contributed by atoms with Gasteiger partial charge in [0.25, 0.3) is 0 Å². The maximum Gasteiger partial charge on any atom is 0.126 e. The van der Waals surface area contributed by atoms with E-state index >= 15 is 0 Å². The fraction of sp³-hybridized carbons (Fsp3) is 0.176. The Labute approximate surface area is 119 Å². The third-order valence-electron chi connectivity index (χ3n) is 2.83. The van der Waals surface area contributed by atoms with Crippen molar-refractivity contribution < 1.29 is 14.6 Å². The number of aromatic hydroxyl groups is 1. The molecular formula is C17H18O3. The van der Waals surface area contributed by atoms with E-state index in [2.05, 4.69) is 6.58 Å². The normalized spacial score (nSPS) is 10.2. The van der Waals surface area contributed by atoms with Gasteiger partial charge in [0.05, 0.1) is 13.2 Å². The zero-order valence-electron chi connectivity index (χ0n) is 11.3. The van der Waals surface area contributed by atoms with E-state index < -0.39 is 0 Å². The summed E-state index contributed by atoms with van der Waals surface area (Å²) in [5.41, 5.74) is 1.83. The maximum atomic E-state index is 9.66. The Morgan fingerprint density at radius 1 is 1.05 bits per heavy atom. The average Bonchev–Trinajstić information content (AvgIpc) is 2.48. The first-order chi connectivity index (χ1) is 9.79. The topological polar surface area (TPSA) is 38.7 Å². The number of phenolic OH excluding ortho intramolecular Hbond substituents is 1. The second kappa shape index (κ2) is 7.36. The van der Waals surface area contributed by atoms with Crippen LogP contribution < -0.4 is 4.74 Å². The van der Waals surface area contributed by atoms with Crippen LogP contribution in [-0.2, 0) is 11.3 Å². The van der Waals surface area contributed by atoms with Gasteiger partial charge in [-0.3, -0.25) is 0 Å². The van der Waals surface area contributed by atoms with E-state index in [1.165, 1.54) is 0 Å². The maximum absolute atomic E-state index is 9.66. The number of phenols is 1. The predicted octanol–water partition coefficient (Wildman–Crippen LogP) is 3.63. The fourth-order valence-corrected chi connectivity index (χ4v) is 1.77. The summed E-state index contributed by atoms with van der Waals surface area (Å²) in [6.45, 7) is 5.13. The molecule has 0 atom stereocenters. The highest BCUT2D eigenvalue weighted by Gasteiger charge is 2.00. The van der Waals surface area contributed by atoms with Gasteiger partial charge in [0.1, 0.15) is 18.1 Å². The molecule has 3 nitrogen and oxygen atoms in total.